The van der Waals surface area contributed by atoms with Gasteiger partial charge in [0.25, 0.3) is 0 Å². The first-order valence-corrected chi connectivity index (χ1v) is 7.78. The van der Waals surface area contributed by atoms with Gasteiger partial charge in [-0.2, -0.15) is 0 Å². The van der Waals surface area contributed by atoms with Gasteiger partial charge < -0.3 is 10.6 Å². The fourth-order valence-electron chi connectivity index (χ4n) is 2.82. The normalized spacial score (nSPS) is 18.4. The Morgan fingerprint density at radius 2 is 1.80 bits per heavy atom. The van der Waals surface area contributed by atoms with Crippen molar-refractivity contribution >= 4 is 5.96 Å². The number of guanidine groups is 1. The van der Waals surface area contributed by atoms with Gasteiger partial charge in [-0.1, -0.05) is 44.2 Å². The van der Waals surface area contributed by atoms with Crippen LogP contribution in [0, 0.1) is 5.92 Å². The van der Waals surface area contributed by atoms with Crippen molar-refractivity contribution in [1.29, 1.82) is 0 Å². The molecule has 1 unspecified atom stereocenters. The lowest BCUT2D eigenvalue weighted by atomic mass is 9.88. The van der Waals surface area contributed by atoms with E-state index in [1.54, 1.807) is 0 Å². The summed E-state index contributed by atoms with van der Waals surface area (Å²) in [6, 6.07) is 10.6. The van der Waals surface area contributed by atoms with Crippen molar-refractivity contribution in [3.8, 4) is 0 Å². The van der Waals surface area contributed by atoms with Crippen LogP contribution in [0.3, 0.4) is 0 Å². The molecule has 1 aromatic carbocycles. The summed E-state index contributed by atoms with van der Waals surface area (Å²) in [7, 11) is 0. The molecule has 1 heterocycles. The molecule has 2 rings (SSSR count). The third kappa shape index (κ3) is 3.99. The zero-order chi connectivity index (χ0) is 14.4. The van der Waals surface area contributed by atoms with Crippen LogP contribution in [0.25, 0.3) is 0 Å². The Morgan fingerprint density at radius 1 is 1.15 bits per heavy atom. The molecule has 0 radical (unpaired) electrons. The highest BCUT2D eigenvalue weighted by Crippen LogP contribution is 2.24. The zero-order valence-corrected chi connectivity index (χ0v) is 12.8. The van der Waals surface area contributed by atoms with E-state index in [9.17, 15) is 0 Å². The Hall–Kier alpha value is -1.51. The average Bonchev–Trinajstić information content (AvgIpc) is 2.49. The Morgan fingerprint density at radius 3 is 2.40 bits per heavy atom. The minimum Gasteiger partial charge on any atom is -0.370 e. The van der Waals surface area contributed by atoms with E-state index in [1.807, 2.05) is 0 Å². The molecule has 3 heteroatoms. The van der Waals surface area contributed by atoms with Crippen LogP contribution in [-0.4, -0.2) is 30.5 Å². The maximum atomic E-state index is 6.15. The quantitative estimate of drug-likeness (QED) is 0.676. The van der Waals surface area contributed by atoms with Gasteiger partial charge in [-0.25, -0.2) is 0 Å². The van der Waals surface area contributed by atoms with Gasteiger partial charge in [0, 0.05) is 25.6 Å². The molecule has 0 spiro atoms. The van der Waals surface area contributed by atoms with Crippen LogP contribution in [0.5, 0.6) is 0 Å². The SMILES string of the molecule is CC(C)C(CN=C(N)N1CCCCC1)c1ccccc1. The summed E-state index contributed by atoms with van der Waals surface area (Å²) in [6.07, 6.45) is 3.80. The summed E-state index contributed by atoms with van der Waals surface area (Å²) >= 11 is 0. The molecule has 1 aliphatic rings. The van der Waals surface area contributed by atoms with E-state index in [4.69, 9.17) is 5.73 Å². The van der Waals surface area contributed by atoms with Gasteiger partial charge in [0.05, 0.1) is 0 Å². The number of nitrogens with two attached hydrogens (primary N) is 1. The lowest BCUT2D eigenvalue weighted by Crippen LogP contribution is -2.41. The van der Waals surface area contributed by atoms with E-state index < -0.39 is 0 Å². The summed E-state index contributed by atoms with van der Waals surface area (Å²) in [4.78, 5) is 6.89. The van der Waals surface area contributed by atoms with E-state index in [2.05, 4.69) is 54.1 Å². The van der Waals surface area contributed by atoms with Crippen molar-refractivity contribution < 1.29 is 0 Å². The second-order valence-electron chi connectivity index (χ2n) is 6.01. The second kappa shape index (κ2) is 7.32. The zero-order valence-electron chi connectivity index (χ0n) is 12.8. The maximum Gasteiger partial charge on any atom is 0.191 e. The Bertz CT molecular complexity index is 419. The van der Waals surface area contributed by atoms with Crippen LogP contribution < -0.4 is 5.73 Å². The average molecular weight is 273 g/mol. The summed E-state index contributed by atoms with van der Waals surface area (Å²) in [5.74, 6) is 1.74. The standard InChI is InChI=1S/C17H27N3/c1-14(2)16(15-9-5-3-6-10-15)13-19-17(18)20-11-7-4-8-12-20/h3,5-6,9-10,14,16H,4,7-8,11-13H2,1-2H3,(H2,18,19). The number of aliphatic imine (C=N–C) groups is 1. The van der Waals surface area contributed by atoms with E-state index in [0.29, 0.717) is 11.8 Å². The number of nitrogens with zero attached hydrogens (tertiary/aromatic N) is 2. The van der Waals surface area contributed by atoms with Crippen LogP contribution in [0.4, 0.5) is 0 Å². The molecule has 0 amide bonds. The first kappa shape index (κ1) is 14.9. The molecule has 3 nitrogen and oxygen atoms in total. The fraction of sp³-hybridized carbons (Fsp3) is 0.588. The van der Waals surface area contributed by atoms with Crippen LogP contribution in [0.15, 0.2) is 35.3 Å². The summed E-state index contributed by atoms with van der Waals surface area (Å²) in [5, 5.41) is 0. The Balaban J connectivity index is 2.01. The Labute approximate surface area is 122 Å². The van der Waals surface area contributed by atoms with Crippen LogP contribution in [-0.2, 0) is 0 Å². The van der Waals surface area contributed by atoms with Crippen molar-refractivity contribution in [2.75, 3.05) is 19.6 Å². The van der Waals surface area contributed by atoms with Crippen molar-refractivity contribution in [3.63, 3.8) is 0 Å². The van der Waals surface area contributed by atoms with E-state index in [-0.39, 0.29) is 0 Å². The lowest BCUT2D eigenvalue weighted by Gasteiger charge is -2.28. The predicted octanol–water partition coefficient (Wildman–Crippen LogP) is 3.23. The molecule has 1 fully saturated rings. The molecule has 1 saturated heterocycles. The molecule has 1 aliphatic heterocycles. The van der Waals surface area contributed by atoms with E-state index in [0.717, 1.165) is 25.6 Å². The van der Waals surface area contributed by atoms with Gasteiger partial charge in [-0.15, -0.1) is 0 Å². The van der Waals surface area contributed by atoms with Crippen molar-refractivity contribution in [2.45, 2.75) is 39.0 Å². The van der Waals surface area contributed by atoms with Crippen molar-refractivity contribution in [1.82, 2.24) is 4.90 Å². The summed E-state index contributed by atoms with van der Waals surface area (Å²) < 4.78 is 0. The molecule has 2 N–H and O–H groups in total. The van der Waals surface area contributed by atoms with Gasteiger partial charge in [0.15, 0.2) is 5.96 Å². The van der Waals surface area contributed by atoms with Gasteiger partial charge in [-0.3, -0.25) is 4.99 Å². The number of hydrogen-bond donors (Lipinski definition) is 1. The topological polar surface area (TPSA) is 41.6 Å². The van der Waals surface area contributed by atoms with E-state index in [1.165, 1.54) is 24.8 Å². The molecular weight excluding hydrogens is 246 g/mol. The highest BCUT2D eigenvalue weighted by molar-refractivity contribution is 5.78. The predicted molar refractivity (Wildman–Crippen MR) is 85.9 cm³/mol. The minimum atomic E-state index is 0.444. The Kier molecular flexibility index (Phi) is 5.45. The molecule has 0 aromatic heterocycles. The largest absolute Gasteiger partial charge is 0.370 e. The molecule has 20 heavy (non-hydrogen) atoms. The third-order valence-corrected chi connectivity index (χ3v) is 4.16. The summed E-state index contributed by atoms with van der Waals surface area (Å²) in [6.45, 7) is 7.42. The summed E-state index contributed by atoms with van der Waals surface area (Å²) in [5.41, 5.74) is 7.51. The third-order valence-electron chi connectivity index (χ3n) is 4.16. The number of hydrogen-bond acceptors (Lipinski definition) is 1. The monoisotopic (exact) mass is 273 g/mol. The molecule has 1 aromatic rings. The highest BCUT2D eigenvalue weighted by Gasteiger charge is 2.17. The second-order valence-corrected chi connectivity index (χ2v) is 6.01. The first-order chi connectivity index (χ1) is 9.68. The molecule has 1 atom stereocenters. The van der Waals surface area contributed by atoms with Gasteiger partial charge >= 0.3 is 0 Å². The number of benzene rings is 1. The van der Waals surface area contributed by atoms with E-state index >= 15 is 0 Å². The van der Waals surface area contributed by atoms with Crippen LogP contribution in [0.2, 0.25) is 0 Å². The van der Waals surface area contributed by atoms with Crippen molar-refractivity contribution in [3.05, 3.63) is 35.9 Å². The molecule has 0 aliphatic carbocycles. The molecule has 0 saturated carbocycles. The molecular formula is C17H27N3. The maximum absolute atomic E-state index is 6.15. The molecule has 110 valence electrons. The highest BCUT2D eigenvalue weighted by atomic mass is 15.2. The van der Waals surface area contributed by atoms with Crippen LogP contribution >= 0.6 is 0 Å². The fourth-order valence-corrected chi connectivity index (χ4v) is 2.82. The lowest BCUT2D eigenvalue weighted by molar-refractivity contribution is 0.337. The van der Waals surface area contributed by atoms with Crippen molar-refractivity contribution in [2.24, 2.45) is 16.6 Å². The van der Waals surface area contributed by atoms with Gasteiger partial charge in [-0.05, 0) is 30.7 Å². The smallest absolute Gasteiger partial charge is 0.191 e. The number of likely N-dealkylation sites (tertiary alicyclic amines) is 1. The van der Waals surface area contributed by atoms with Crippen LogP contribution in [0.1, 0.15) is 44.6 Å². The molecule has 0 bridgehead atoms. The first-order valence-electron chi connectivity index (χ1n) is 7.78. The number of piperidine rings is 1. The van der Waals surface area contributed by atoms with Gasteiger partial charge in [0.1, 0.15) is 0 Å². The number of rotatable bonds is 4. The van der Waals surface area contributed by atoms with Gasteiger partial charge in [0.2, 0.25) is 0 Å². The minimum absolute atomic E-state index is 0.444.